The Hall–Kier alpha value is -0.900. The van der Waals surface area contributed by atoms with Gasteiger partial charge in [-0.05, 0) is 59.8 Å². The second-order valence-electron chi connectivity index (χ2n) is 4.73. The summed E-state index contributed by atoms with van der Waals surface area (Å²) >= 11 is 3.16. The van der Waals surface area contributed by atoms with Gasteiger partial charge in [-0.15, -0.1) is 0 Å². The van der Waals surface area contributed by atoms with Gasteiger partial charge in [0.2, 0.25) is 0 Å². The zero-order valence-corrected chi connectivity index (χ0v) is 11.4. The molecule has 0 aliphatic heterocycles. The molecule has 17 heavy (non-hydrogen) atoms. The van der Waals surface area contributed by atoms with Crippen LogP contribution in [-0.2, 0) is 10.2 Å². The van der Waals surface area contributed by atoms with Crippen molar-refractivity contribution in [1.29, 1.82) is 0 Å². The molecule has 0 spiro atoms. The Labute approximate surface area is 108 Å². The van der Waals surface area contributed by atoms with Gasteiger partial charge in [-0.3, -0.25) is 4.79 Å². The van der Waals surface area contributed by atoms with Gasteiger partial charge in [0.25, 0.3) is 0 Å². The lowest BCUT2D eigenvalue weighted by Crippen LogP contribution is -2.43. The zero-order valence-electron chi connectivity index (χ0n) is 9.81. The van der Waals surface area contributed by atoms with E-state index in [1.54, 1.807) is 13.0 Å². The van der Waals surface area contributed by atoms with E-state index < -0.39 is 17.2 Å². The second kappa shape index (κ2) is 4.09. The van der Waals surface area contributed by atoms with E-state index >= 15 is 0 Å². The van der Waals surface area contributed by atoms with E-state index in [9.17, 15) is 14.3 Å². The molecule has 0 aromatic heterocycles. The molecule has 1 fully saturated rings. The number of halogens is 2. The number of carboxylic acids is 1. The fraction of sp³-hybridized carbons (Fsp3) is 0.462. The number of hydrogen-bond donors (Lipinski definition) is 1. The lowest BCUT2D eigenvalue weighted by molar-refractivity contribution is -0.147. The molecular formula is C13H14BrFO2. The number of carbonyl (C=O) groups is 1. The Balaban J connectivity index is 2.70. The monoisotopic (exact) mass is 300 g/mol. The number of aliphatic carboxylic acids is 1. The van der Waals surface area contributed by atoms with Crippen LogP contribution in [-0.4, -0.2) is 11.1 Å². The first-order valence-electron chi connectivity index (χ1n) is 5.59. The van der Waals surface area contributed by atoms with Gasteiger partial charge in [-0.25, -0.2) is 4.39 Å². The Bertz CT molecular complexity index is 466. The van der Waals surface area contributed by atoms with Gasteiger partial charge in [0.1, 0.15) is 5.82 Å². The van der Waals surface area contributed by atoms with Crippen LogP contribution < -0.4 is 0 Å². The molecule has 1 aliphatic rings. The van der Waals surface area contributed by atoms with Crippen LogP contribution in [0.25, 0.3) is 0 Å². The maximum Gasteiger partial charge on any atom is 0.314 e. The topological polar surface area (TPSA) is 37.3 Å². The summed E-state index contributed by atoms with van der Waals surface area (Å²) in [7, 11) is 0. The van der Waals surface area contributed by atoms with Crippen molar-refractivity contribution in [2.75, 3.05) is 0 Å². The summed E-state index contributed by atoms with van der Waals surface area (Å²) in [6.07, 6.45) is 1.89. The first-order valence-corrected chi connectivity index (χ1v) is 6.38. The molecule has 1 aromatic carbocycles. The van der Waals surface area contributed by atoms with Gasteiger partial charge < -0.3 is 5.11 Å². The number of benzene rings is 1. The van der Waals surface area contributed by atoms with Crippen molar-refractivity contribution in [3.8, 4) is 0 Å². The van der Waals surface area contributed by atoms with Gasteiger partial charge in [-0.2, -0.15) is 0 Å². The summed E-state index contributed by atoms with van der Waals surface area (Å²) in [4.78, 5) is 11.4. The number of aryl methyl sites for hydroxylation is 1. The van der Waals surface area contributed by atoms with Gasteiger partial charge in [0.05, 0.1) is 9.89 Å². The normalized spacial score (nSPS) is 17.6. The van der Waals surface area contributed by atoms with Crippen molar-refractivity contribution < 1.29 is 14.3 Å². The molecule has 92 valence electrons. The van der Waals surface area contributed by atoms with E-state index in [1.807, 2.05) is 6.92 Å². The summed E-state index contributed by atoms with van der Waals surface area (Å²) in [5, 5.41) is 9.39. The Morgan fingerprint density at radius 2 is 2.06 bits per heavy atom. The van der Waals surface area contributed by atoms with E-state index in [0.29, 0.717) is 22.9 Å². The fourth-order valence-corrected chi connectivity index (χ4v) is 3.05. The molecule has 0 amide bonds. The quantitative estimate of drug-likeness (QED) is 0.904. The number of carboxylic acid groups (broad SMARTS) is 1. The lowest BCUT2D eigenvalue weighted by Gasteiger charge is -2.39. The van der Waals surface area contributed by atoms with Crippen molar-refractivity contribution in [1.82, 2.24) is 0 Å². The van der Waals surface area contributed by atoms with Crippen molar-refractivity contribution >= 4 is 21.9 Å². The third kappa shape index (κ3) is 1.69. The molecule has 1 N–H and O–H groups in total. The van der Waals surface area contributed by atoms with Gasteiger partial charge >= 0.3 is 5.97 Å². The third-order valence-electron chi connectivity index (χ3n) is 3.83. The van der Waals surface area contributed by atoms with E-state index in [2.05, 4.69) is 15.9 Å². The van der Waals surface area contributed by atoms with Gasteiger partial charge in [0, 0.05) is 5.56 Å². The van der Waals surface area contributed by atoms with Crippen LogP contribution in [0.3, 0.4) is 0 Å². The molecule has 0 bridgehead atoms. The summed E-state index contributed by atoms with van der Waals surface area (Å²) in [5.74, 6) is -1.33. The average Bonchev–Trinajstić information content (AvgIpc) is 2.18. The molecule has 1 aromatic rings. The SMILES string of the molecule is Cc1cc(Br)c(F)c(C2(C(=O)O)CCC2)c1C. The van der Waals surface area contributed by atoms with Crippen LogP contribution in [0.2, 0.25) is 0 Å². The minimum Gasteiger partial charge on any atom is -0.481 e. The van der Waals surface area contributed by atoms with Crippen molar-refractivity contribution in [2.24, 2.45) is 0 Å². The number of rotatable bonds is 2. The maximum absolute atomic E-state index is 14.2. The highest BCUT2D eigenvalue weighted by Gasteiger charge is 2.49. The predicted octanol–water partition coefficient (Wildman–Crippen LogP) is 3.71. The highest BCUT2D eigenvalue weighted by molar-refractivity contribution is 9.10. The van der Waals surface area contributed by atoms with Crippen LogP contribution >= 0.6 is 15.9 Å². The van der Waals surface area contributed by atoms with E-state index in [4.69, 9.17) is 0 Å². The van der Waals surface area contributed by atoms with Crippen molar-refractivity contribution in [3.63, 3.8) is 0 Å². The first-order chi connectivity index (χ1) is 7.90. The van der Waals surface area contributed by atoms with Crippen LogP contribution in [0.15, 0.2) is 10.5 Å². The molecule has 1 saturated carbocycles. The van der Waals surface area contributed by atoms with E-state index in [1.165, 1.54) is 0 Å². The molecular weight excluding hydrogens is 287 g/mol. The molecule has 0 radical (unpaired) electrons. The van der Waals surface area contributed by atoms with Gasteiger partial charge in [0.15, 0.2) is 0 Å². The van der Waals surface area contributed by atoms with E-state index in [-0.39, 0.29) is 0 Å². The molecule has 0 atom stereocenters. The lowest BCUT2D eigenvalue weighted by atomic mass is 9.63. The minimum atomic E-state index is -1.01. The number of hydrogen-bond acceptors (Lipinski definition) is 1. The summed E-state index contributed by atoms with van der Waals surface area (Å²) in [6, 6.07) is 1.70. The van der Waals surface area contributed by atoms with Crippen LogP contribution in [0.5, 0.6) is 0 Å². The molecule has 2 nitrogen and oxygen atoms in total. The summed E-state index contributed by atoms with van der Waals surface area (Å²) < 4.78 is 14.6. The zero-order chi connectivity index (χ0) is 12.8. The minimum absolute atomic E-state index is 0.350. The fourth-order valence-electron chi connectivity index (χ4n) is 2.51. The van der Waals surface area contributed by atoms with Crippen LogP contribution in [0, 0.1) is 19.7 Å². The van der Waals surface area contributed by atoms with E-state index in [0.717, 1.165) is 17.5 Å². The molecule has 0 heterocycles. The summed E-state index contributed by atoms with van der Waals surface area (Å²) in [6.45, 7) is 3.67. The van der Waals surface area contributed by atoms with Crippen molar-refractivity contribution in [3.05, 3.63) is 33.0 Å². The Morgan fingerprint density at radius 1 is 1.47 bits per heavy atom. The molecule has 1 aliphatic carbocycles. The highest BCUT2D eigenvalue weighted by Crippen LogP contribution is 2.47. The Morgan fingerprint density at radius 3 is 2.47 bits per heavy atom. The average molecular weight is 301 g/mol. The molecule has 0 unspecified atom stereocenters. The maximum atomic E-state index is 14.2. The molecule has 4 heteroatoms. The smallest absolute Gasteiger partial charge is 0.314 e. The predicted molar refractivity (Wildman–Crippen MR) is 66.7 cm³/mol. The third-order valence-corrected chi connectivity index (χ3v) is 4.41. The Kier molecular flexibility index (Phi) is 3.02. The van der Waals surface area contributed by atoms with Crippen LogP contribution in [0.1, 0.15) is 36.0 Å². The van der Waals surface area contributed by atoms with Crippen LogP contribution in [0.4, 0.5) is 4.39 Å². The first kappa shape index (κ1) is 12.6. The second-order valence-corrected chi connectivity index (χ2v) is 5.58. The largest absolute Gasteiger partial charge is 0.481 e. The molecule has 0 saturated heterocycles. The van der Waals surface area contributed by atoms with Gasteiger partial charge in [-0.1, -0.05) is 6.42 Å². The highest BCUT2D eigenvalue weighted by atomic mass is 79.9. The molecule has 2 rings (SSSR count). The standard InChI is InChI=1S/C13H14BrFO2/c1-7-6-9(14)11(15)10(8(7)2)13(12(16)17)4-3-5-13/h6H,3-5H2,1-2H3,(H,16,17). The van der Waals surface area contributed by atoms with Crippen molar-refractivity contribution in [2.45, 2.75) is 38.5 Å². The summed E-state index contributed by atoms with van der Waals surface area (Å²) in [5.41, 5.74) is 1.03.